The van der Waals surface area contributed by atoms with E-state index in [0.717, 1.165) is 24.2 Å². The van der Waals surface area contributed by atoms with Gasteiger partial charge in [-0.3, -0.25) is 4.99 Å². The smallest absolute Gasteiger partial charge is 0.115 e. The van der Waals surface area contributed by atoms with Crippen molar-refractivity contribution in [3.63, 3.8) is 0 Å². The number of hydrogen-bond acceptors (Lipinski definition) is 3. The van der Waals surface area contributed by atoms with Crippen LogP contribution in [0.5, 0.6) is 0 Å². The molecule has 0 spiro atoms. The zero-order valence-corrected chi connectivity index (χ0v) is 8.80. The first kappa shape index (κ1) is 9.21. The van der Waals surface area contributed by atoms with Gasteiger partial charge in [0.05, 0.1) is 5.71 Å². The summed E-state index contributed by atoms with van der Waals surface area (Å²) >= 11 is 0. The Kier molecular flexibility index (Phi) is 2.22. The molecule has 2 heterocycles. The van der Waals surface area contributed by atoms with Gasteiger partial charge in [-0.15, -0.1) is 0 Å². The van der Waals surface area contributed by atoms with Gasteiger partial charge in [-0.1, -0.05) is 24.3 Å². The molecule has 0 amide bonds. The minimum absolute atomic E-state index is 0.848. The number of aliphatic imine (C=N–C) groups is 1. The maximum Gasteiger partial charge on any atom is 0.115 e. The molecular formula is C13H11N3. The average Bonchev–Trinajstić information content (AvgIpc) is 2.39. The van der Waals surface area contributed by atoms with Crippen LogP contribution in [0.25, 0.3) is 0 Å². The molecule has 0 saturated heterocycles. The SMILES string of the molecule is c1ccc2c(c1)CCN=C2c1cncnc1. The molecular weight excluding hydrogens is 198 g/mol. The summed E-state index contributed by atoms with van der Waals surface area (Å²) in [5.74, 6) is 0. The van der Waals surface area contributed by atoms with Crippen molar-refractivity contribution in [2.45, 2.75) is 6.42 Å². The highest BCUT2D eigenvalue weighted by molar-refractivity contribution is 6.13. The Morgan fingerprint density at radius 2 is 1.81 bits per heavy atom. The number of fused-ring (bicyclic) bond motifs is 1. The lowest BCUT2D eigenvalue weighted by molar-refractivity contribution is 0.942. The van der Waals surface area contributed by atoms with Crippen LogP contribution in [0.3, 0.4) is 0 Å². The highest BCUT2D eigenvalue weighted by Crippen LogP contribution is 2.19. The number of aromatic nitrogens is 2. The van der Waals surface area contributed by atoms with Gasteiger partial charge in [0, 0.05) is 30.1 Å². The summed E-state index contributed by atoms with van der Waals surface area (Å²) in [7, 11) is 0. The van der Waals surface area contributed by atoms with Crippen molar-refractivity contribution in [3.05, 3.63) is 59.7 Å². The Hall–Kier alpha value is -2.03. The van der Waals surface area contributed by atoms with Gasteiger partial charge in [0.2, 0.25) is 0 Å². The van der Waals surface area contributed by atoms with E-state index in [0.29, 0.717) is 0 Å². The normalized spacial score (nSPS) is 14.1. The van der Waals surface area contributed by atoms with E-state index in [1.54, 1.807) is 6.33 Å². The Labute approximate surface area is 93.9 Å². The molecule has 0 aliphatic carbocycles. The van der Waals surface area contributed by atoms with Crippen molar-refractivity contribution in [3.8, 4) is 0 Å². The van der Waals surface area contributed by atoms with Crippen LogP contribution in [0, 0.1) is 0 Å². The molecule has 0 radical (unpaired) electrons. The second-order valence-corrected chi connectivity index (χ2v) is 3.76. The van der Waals surface area contributed by atoms with E-state index in [9.17, 15) is 0 Å². The van der Waals surface area contributed by atoms with Gasteiger partial charge < -0.3 is 0 Å². The van der Waals surface area contributed by atoms with Crippen LogP contribution >= 0.6 is 0 Å². The number of rotatable bonds is 1. The standard InChI is InChI=1S/C13H11N3/c1-2-4-12-10(3-1)5-6-16-13(12)11-7-14-9-15-8-11/h1-4,7-9H,5-6H2. The Morgan fingerprint density at radius 3 is 2.69 bits per heavy atom. The van der Waals surface area contributed by atoms with E-state index in [1.165, 1.54) is 11.1 Å². The first-order chi connectivity index (χ1) is 7.95. The van der Waals surface area contributed by atoms with Crippen molar-refractivity contribution in [1.29, 1.82) is 0 Å². The molecule has 3 heteroatoms. The predicted molar refractivity (Wildman–Crippen MR) is 62.7 cm³/mol. The van der Waals surface area contributed by atoms with Crippen LogP contribution in [-0.4, -0.2) is 22.2 Å². The molecule has 1 aliphatic heterocycles. The molecule has 0 N–H and O–H groups in total. The minimum Gasteiger partial charge on any atom is -0.284 e. The van der Waals surface area contributed by atoms with Crippen LogP contribution in [0.4, 0.5) is 0 Å². The molecule has 1 aliphatic rings. The van der Waals surface area contributed by atoms with Gasteiger partial charge in [-0.2, -0.15) is 0 Å². The van der Waals surface area contributed by atoms with Crippen LogP contribution in [0.2, 0.25) is 0 Å². The summed E-state index contributed by atoms with van der Waals surface area (Å²) in [4.78, 5) is 12.7. The highest BCUT2D eigenvalue weighted by Gasteiger charge is 2.14. The maximum absolute atomic E-state index is 4.58. The first-order valence-electron chi connectivity index (χ1n) is 5.33. The van der Waals surface area contributed by atoms with E-state index in [2.05, 4.69) is 33.2 Å². The summed E-state index contributed by atoms with van der Waals surface area (Å²) in [6, 6.07) is 8.39. The molecule has 1 aromatic carbocycles. The first-order valence-corrected chi connectivity index (χ1v) is 5.33. The fourth-order valence-electron chi connectivity index (χ4n) is 2.01. The summed E-state index contributed by atoms with van der Waals surface area (Å²) < 4.78 is 0. The topological polar surface area (TPSA) is 38.1 Å². The third-order valence-electron chi connectivity index (χ3n) is 2.76. The summed E-state index contributed by atoms with van der Waals surface area (Å²) in [6.45, 7) is 0.848. The van der Waals surface area contributed by atoms with E-state index in [-0.39, 0.29) is 0 Å². The van der Waals surface area contributed by atoms with Crippen molar-refractivity contribution in [1.82, 2.24) is 9.97 Å². The fourth-order valence-corrected chi connectivity index (χ4v) is 2.01. The maximum atomic E-state index is 4.58. The lowest BCUT2D eigenvalue weighted by atomic mass is 9.95. The van der Waals surface area contributed by atoms with Gasteiger partial charge in [0.15, 0.2) is 0 Å². The molecule has 3 nitrogen and oxygen atoms in total. The average molecular weight is 209 g/mol. The van der Waals surface area contributed by atoms with Crippen molar-refractivity contribution in [2.75, 3.05) is 6.54 Å². The molecule has 0 bridgehead atoms. The third kappa shape index (κ3) is 1.50. The van der Waals surface area contributed by atoms with E-state index in [1.807, 2.05) is 18.5 Å². The summed E-state index contributed by atoms with van der Waals surface area (Å²) in [5.41, 5.74) is 4.58. The van der Waals surface area contributed by atoms with Gasteiger partial charge in [0.1, 0.15) is 6.33 Å². The second-order valence-electron chi connectivity index (χ2n) is 3.76. The molecule has 0 unspecified atom stereocenters. The molecule has 78 valence electrons. The Balaban J connectivity index is 2.13. The van der Waals surface area contributed by atoms with E-state index in [4.69, 9.17) is 0 Å². The number of hydrogen-bond donors (Lipinski definition) is 0. The predicted octanol–water partition coefficient (Wildman–Crippen LogP) is 1.87. The van der Waals surface area contributed by atoms with Gasteiger partial charge in [0.25, 0.3) is 0 Å². The monoisotopic (exact) mass is 209 g/mol. The molecule has 16 heavy (non-hydrogen) atoms. The molecule has 0 atom stereocenters. The quantitative estimate of drug-likeness (QED) is 0.719. The largest absolute Gasteiger partial charge is 0.284 e. The van der Waals surface area contributed by atoms with Crippen LogP contribution < -0.4 is 0 Å². The van der Waals surface area contributed by atoms with Crippen LogP contribution in [0.15, 0.2) is 48.0 Å². The number of benzene rings is 1. The molecule has 2 aromatic rings. The van der Waals surface area contributed by atoms with E-state index >= 15 is 0 Å². The molecule has 0 saturated carbocycles. The zero-order valence-electron chi connectivity index (χ0n) is 8.80. The Morgan fingerprint density at radius 1 is 1.00 bits per heavy atom. The lowest BCUT2D eigenvalue weighted by Crippen LogP contribution is -2.14. The number of nitrogens with zero attached hydrogens (tertiary/aromatic N) is 3. The molecule has 0 fully saturated rings. The summed E-state index contributed by atoms with van der Waals surface area (Å²) in [5, 5.41) is 0. The van der Waals surface area contributed by atoms with Gasteiger partial charge in [-0.25, -0.2) is 9.97 Å². The van der Waals surface area contributed by atoms with Crippen molar-refractivity contribution in [2.24, 2.45) is 4.99 Å². The van der Waals surface area contributed by atoms with Gasteiger partial charge in [-0.05, 0) is 12.0 Å². The zero-order chi connectivity index (χ0) is 10.8. The Bertz CT molecular complexity index is 532. The second kappa shape index (κ2) is 3.85. The molecule has 1 aromatic heterocycles. The lowest BCUT2D eigenvalue weighted by Gasteiger charge is -2.16. The van der Waals surface area contributed by atoms with Crippen molar-refractivity contribution >= 4 is 5.71 Å². The van der Waals surface area contributed by atoms with Gasteiger partial charge >= 0.3 is 0 Å². The fraction of sp³-hybridized carbons (Fsp3) is 0.154. The summed E-state index contributed by atoms with van der Waals surface area (Å²) in [6.07, 6.45) is 6.19. The highest BCUT2D eigenvalue weighted by atomic mass is 14.8. The van der Waals surface area contributed by atoms with Crippen LogP contribution in [0.1, 0.15) is 16.7 Å². The van der Waals surface area contributed by atoms with Crippen molar-refractivity contribution < 1.29 is 0 Å². The molecule has 3 rings (SSSR count). The third-order valence-corrected chi connectivity index (χ3v) is 2.76. The van der Waals surface area contributed by atoms with E-state index < -0.39 is 0 Å². The minimum atomic E-state index is 0.848. The van der Waals surface area contributed by atoms with Crippen LogP contribution in [-0.2, 0) is 6.42 Å².